The van der Waals surface area contributed by atoms with E-state index in [-0.39, 0.29) is 6.54 Å². The van der Waals surface area contributed by atoms with Crippen LogP contribution in [0.2, 0.25) is 0 Å². The first-order valence-electron chi connectivity index (χ1n) is 4.95. The molecule has 1 rings (SSSR count). The first kappa shape index (κ1) is 12.7. The third-order valence-corrected chi connectivity index (χ3v) is 2.72. The van der Waals surface area contributed by atoms with Gasteiger partial charge in [0.05, 0.1) is 13.1 Å². The molecule has 1 heterocycles. The quantitative estimate of drug-likeness (QED) is 0.673. The molecule has 90 valence electrons. The largest absolute Gasteiger partial charge is 0.323 e. The van der Waals surface area contributed by atoms with E-state index in [1.54, 1.807) is 0 Å². The van der Waals surface area contributed by atoms with Crippen LogP contribution in [-0.2, 0) is 0 Å². The van der Waals surface area contributed by atoms with Gasteiger partial charge in [0.1, 0.15) is 0 Å². The van der Waals surface area contributed by atoms with Crippen molar-refractivity contribution in [2.45, 2.75) is 18.8 Å². The van der Waals surface area contributed by atoms with Crippen molar-refractivity contribution < 1.29 is 17.6 Å². The molecule has 0 atom stereocenters. The summed E-state index contributed by atoms with van der Waals surface area (Å²) in [5.41, 5.74) is 0. The van der Waals surface area contributed by atoms with Crippen molar-refractivity contribution in [2.24, 2.45) is 0 Å². The summed E-state index contributed by atoms with van der Waals surface area (Å²) in [7, 11) is 1.83. The van der Waals surface area contributed by atoms with Crippen molar-refractivity contribution in [1.29, 1.82) is 0 Å². The highest BCUT2D eigenvalue weighted by Gasteiger charge is 2.62. The van der Waals surface area contributed by atoms with E-state index in [1.807, 2.05) is 18.9 Å². The van der Waals surface area contributed by atoms with Crippen LogP contribution in [0.4, 0.5) is 17.6 Å². The zero-order valence-corrected chi connectivity index (χ0v) is 8.94. The normalized spacial score (nSPS) is 25.0. The highest BCUT2D eigenvalue weighted by molar-refractivity contribution is 4.97. The molecule has 0 aliphatic carbocycles. The van der Waals surface area contributed by atoms with Crippen LogP contribution in [0.3, 0.4) is 0 Å². The van der Waals surface area contributed by atoms with Gasteiger partial charge in [-0.1, -0.05) is 6.92 Å². The number of nitrogens with zero attached hydrogens (tertiary/aromatic N) is 2. The van der Waals surface area contributed by atoms with Gasteiger partial charge in [-0.2, -0.15) is 17.6 Å². The van der Waals surface area contributed by atoms with Crippen molar-refractivity contribution in [1.82, 2.24) is 9.80 Å². The van der Waals surface area contributed by atoms with Crippen LogP contribution in [-0.4, -0.2) is 61.4 Å². The van der Waals surface area contributed by atoms with Gasteiger partial charge in [-0.3, -0.25) is 4.90 Å². The minimum absolute atomic E-state index is 0.259. The summed E-state index contributed by atoms with van der Waals surface area (Å²) in [6, 6.07) is 0. The number of likely N-dealkylation sites (tertiary alicyclic amines) is 1. The minimum atomic E-state index is -3.88. The third-order valence-electron chi connectivity index (χ3n) is 2.72. The van der Waals surface area contributed by atoms with E-state index in [0.717, 1.165) is 11.4 Å². The van der Waals surface area contributed by atoms with Crippen molar-refractivity contribution in [3.05, 3.63) is 0 Å². The molecular formula is C9H16F4N2. The monoisotopic (exact) mass is 228 g/mol. The molecule has 0 radical (unpaired) electrons. The van der Waals surface area contributed by atoms with Gasteiger partial charge < -0.3 is 4.90 Å². The predicted molar refractivity (Wildman–Crippen MR) is 49.5 cm³/mol. The van der Waals surface area contributed by atoms with E-state index < -0.39 is 24.9 Å². The Morgan fingerprint density at radius 2 is 1.60 bits per heavy atom. The van der Waals surface area contributed by atoms with Crippen LogP contribution in [0.5, 0.6) is 0 Å². The second-order valence-corrected chi connectivity index (χ2v) is 4.02. The summed E-state index contributed by atoms with van der Waals surface area (Å²) in [5.74, 6) is -7.75. The number of hydrogen-bond acceptors (Lipinski definition) is 2. The molecule has 0 aromatic heterocycles. The lowest BCUT2D eigenvalue weighted by Gasteiger charge is -2.19. The average molecular weight is 228 g/mol. The summed E-state index contributed by atoms with van der Waals surface area (Å²) in [6.45, 7) is 1.82. The molecule has 0 N–H and O–H groups in total. The van der Waals surface area contributed by atoms with Crippen molar-refractivity contribution >= 4 is 0 Å². The molecule has 0 saturated carbocycles. The van der Waals surface area contributed by atoms with Gasteiger partial charge in [-0.15, -0.1) is 0 Å². The molecule has 0 unspecified atom stereocenters. The molecule has 15 heavy (non-hydrogen) atoms. The first-order chi connectivity index (χ1) is 6.78. The smallest absolute Gasteiger partial charge is 0.305 e. The summed E-state index contributed by atoms with van der Waals surface area (Å²) >= 11 is 0. The first-order valence-corrected chi connectivity index (χ1v) is 4.95. The maximum absolute atomic E-state index is 12.8. The maximum atomic E-state index is 12.8. The van der Waals surface area contributed by atoms with Crippen LogP contribution in [0.1, 0.15) is 6.92 Å². The Balaban J connectivity index is 2.42. The number of hydrogen-bond donors (Lipinski definition) is 0. The van der Waals surface area contributed by atoms with E-state index in [0.29, 0.717) is 6.54 Å². The number of likely N-dealkylation sites (N-methyl/N-ethyl adjacent to an activating group) is 1. The Morgan fingerprint density at radius 1 is 1.13 bits per heavy atom. The molecule has 2 nitrogen and oxygen atoms in total. The fraction of sp³-hybridized carbons (Fsp3) is 1.00. The SMILES string of the molecule is CCN(C)CCN1CC(F)(F)C(F)(F)C1. The van der Waals surface area contributed by atoms with Crippen LogP contribution in [0.15, 0.2) is 0 Å². The molecule has 0 bridgehead atoms. The third kappa shape index (κ3) is 2.81. The standard InChI is InChI=1S/C9H16F4N2/c1-3-14(2)4-5-15-6-8(10,11)9(12,13)7-15/h3-7H2,1-2H3. The summed E-state index contributed by atoms with van der Waals surface area (Å²) in [5, 5.41) is 0. The Bertz CT molecular complexity index is 204. The van der Waals surface area contributed by atoms with E-state index in [1.165, 1.54) is 0 Å². The molecule has 1 aliphatic heterocycles. The molecule has 1 aliphatic rings. The number of halogens is 4. The van der Waals surface area contributed by atoms with Gasteiger partial charge in [-0.25, -0.2) is 0 Å². The van der Waals surface area contributed by atoms with Crippen molar-refractivity contribution in [3.8, 4) is 0 Å². The highest BCUT2D eigenvalue weighted by atomic mass is 19.3. The summed E-state index contributed by atoms with van der Waals surface area (Å²) in [6.07, 6.45) is 0. The van der Waals surface area contributed by atoms with Gasteiger partial charge in [0, 0.05) is 13.1 Å². The van der Waals surface area contributed by atoms with E-state index in [9.17, 15) is 17.6 Å². The van der Waals surface area contributed by atoms with E-state index in [4.69, 9.17) is 0 Å². The van der Waals surface area contributed by atoms with Gasteiger partial charge in [0.15, 0.2) is 0 Å². The van der Waals surface area contributed by atoms with Crippen molar-refractivity contribution in [2.75, 3.05) is 39.8 Å². The fourth-order valence-corrected chi connectivity index (χ4v) is 1.48. The lowest BCUT2D eigenvalue weighted by molar-refractivity contribution is -0.172. The van der Waals surface area contributed by atoms with Crippen LogP contribution in [0, 0.1) is 0 Å². The fourth-order valence-electron chi connectivity index (χ4n) is 1.48. The van der Waals surface area contributed by atoms with Crippen LogP contribution >= 0.6 is 0 Å². The topological polar surface area (TPSA) is 6.48 Å². The van der Waals surface area contributed by atoms with Gasteiger partial charge in [-0.05, 0) is 13.6 Å². The Hall–Kier alpha value is -0.360. The predicted octanol–water partition coefficient (Wildman–Crippen LogP) is 1.52. The second-order valence-electron chi connectivity index (χ2n) is 4.02. The van der Waals surface area contributed by atoms with Crippen LogP contribution < -0.4 is 0 Å². The Kier molecular flexibility index (Phi) is 3.60. The zero-order chi connectivity index (χ0) is 11.7. The van der Waals surface area contributed by atoms with E-state index in [2.05, 4.69) is 0 Å². The molecular weight excluding hydrogens is 212 g/mol. The van der Waals surface area contributed by atoms with Crippen molar-refractivity contribution in [3.63, 3.8) is 0 Å². The zero-order valence-electron chi connectivity index (χ0n) is 8.94. The minimum Gasteiger partial charge on any atom is -0.305 e. The van der Waals surface area contributed by atoms with Gasteiger partial charge in [0.2, 0.25) is 0 Å². The molecule has 1 saturated heterocycles. The number of rotatable bonds is 4. The molecule has 6 heteroatoms. The Labute approximate surface area is 86.8 Å². The number of alkyl halides is 4. The summed E-state index contributed by atoms with van der Waals surface area (Å²) in [4.78, 5) is 3.01. The average Bonchev–Trinajstić information content (AvgIpc) is 2.31. The molecule has 1 fully saturated rings. The lowest BCUT2D eigenvalue weighted by atomic mass is 10.2. The lowest BCUT2D eigenvalue weighted by Crippen LogP contribution is -2.38. The molecule has 0 aromatic carbocycles. The van der Waals surface area contributed by atoms with E-state index >= 15 is 0 Å². The maximum Gasteiger partial charge on any atom is 0.323 e. The Morgan fingerprint density at radius 3 is 2.00 bits per heavy atom. The van der Waals surface area contributed by atoms with Gasteiger partial charge >= 0.3 is 11.8 Å². The summed E-state index contributed by atoms with van der Waals surface area (Å²) < 4.78 is 51.1. The molecule has 0 aromatic rings. The second kappa shape index (κ2) is 4.25. The van der Waals surface area contributed by atoms with Gasteiger partial charge in [0.25, 0.3) is 0 Å². The highest BCUT2D eigenvalue weighted by Crippen LogP contribution is 2.40. The van der Waals surface area contributed by atoms with Crippen LogP contribution in [0.25, 0.3) is 0 Å². The molecule has 0 amide bonds. The molecule has 0 spiro atoms.